The molecule has 0 aliphatic carbocycles. The zero-order chi connectivity index (χ0) is 33.4. The van der Waals surface area contributed by atoms with Gasteiger partial charge >= 0.3 is 0 Å². The van der Waals surface area contributed by atoms with Crippen LogP contribution in [-0.4, -0.2) is 67.9 Å². The van der Waals surface area contributed by atoms with E-state index in [1.54, 1.807) is 24.3 Å². The van der Waals surface area contributed by atoms with Gasteiger partial charge in [0.15, 0.2) is 11.6 Å². The molecule has 4 aromatic carbocycles. The van der Waals surface area contributed by atoms with Gasteiger partial charge in [-0.3, -0.25) is 0 Å². The molecule has 0 bridgehead atoms. The van der Waals surface area contributed by atoms with Crippen LogP contribution in [0.25, 0.3) is 0 Å². The highest BCUT2D eigenvalue weighted by molar-refractivity contribution is 5.50. The van der Waals surface area contributed by atoms with E-state index < -0.39 is 5.60 Å². The molecule has 4 heterocycles. The lowest BCUT2D eigenvalue weighted by Crippen LogP contribution is -2.44. The van der Waals surface area contributed by atoms with Crippen LogP contribution in [0.5, 0.6) is 23.0 Å². The molecule has 49 heavy (non-hydrogen) atoms. The van der Waals surface area contributed by atoms with E-state index in [9.17, 15) is 8.78 Å². The van der Waals surface area contributed by atoms with Gasteiger partial charge < -0.3 is 28.7 Å². The summed E-state index contributed by atoms with van der Waals surface area (Å²) in [6.45, 7) is 8.42. The number of hydrogen-bond acceptors (Lipinski definition) is 6. The molecule has 8 heteroatoms. The molecule has 6 nitrogen and oxygen atoms in total. The quantitative estimate of drug-likeness (QED) is 0.181. The van der Waals surface area contributed by atoms with E-state index in [4.69, 9.17) is 18.9 Å². The van der Waals surface area contributed by atoms with Gasteiger partial charge in [-0.05, 0) is 86.7 Å². The molecule has 0 radical (unpaired) electrons. The second-order valence-electron chi connectivity index (χ2n) is 14.2. The predicted molar refractivity (Wildman–Crippen MR) is 185 cm³/mol. The van der Waals surface area contributed by atoms with Crippen LogP contribution in [0.15, 0.2) is 91.0 Å². The summed E-state index contributed by atoms with van der Waals surface area (Å²) in [5.74, 6) is 2.88. The monoisotopic (exact) mass is 666 g/mol. The first kappa shape index (κ1) is 32.1. The van der Waals surface area contributed by atoms with Crippen LogP contribution in [0.2, 0.25) is 0 Å². The second kappa shape index (κ2) is 13.6. The number of benzene rings is 4. The fourth-order valence-electron chi connectivity index (χ4n) is 8.14. The summed E-state index contributed by atoms with van der Waals surface area (Å²) < 4.78 is 52.8. The third-order valence-electron chi connectivity index (χ3n) is 11.0. The van der Waals surface area contributed by atoms with Gasteiger partial charge in [0.1, 0.15) is 40.9 Å². The van der Waals surface area contributed by atoms with Crippen molar-refractivity contribution in [3.8, 4) is 23.0 Å². The molecule has 4 aliphatic heterocycles. The van der Waals surface area contributed by atoms with Crippen molar-refractivity contribution in [2.24, 2.45) is 0 Å². The summed E-state index contributed by atoms with van der Waals surface area (Å²) in [7, 11) is 0. The van der Waals surface area contributed by atoms with Crippen molar-refractivity contribution in [3.63, 3.8) is 0 Å². The van der Waals surface area contributed by atoms with Gasteiger partial charge in [0.25, 0.3) is 0 Å². The summed E-state index contributed by atoms with van der Waals surface area (Å²) in [5.41, 5.74) is 3.08. The van der Waals surface area contributed by atoms with E-state index in [2.05, 4.69) is 53.1 Å². The van der Waals surface area contributed by atoms with Crippen molar-refractivity contribution < 1.29 is 27.7 Å². The summed E-state index contributed by atoms with van der Waals surface area (Å²) in [4.78, 5) is 5.02. The van der Waals surface area contributed by atoms with Gasteiger partial charge in [0.05, 0.1) is 6.61 Å². The number of likely N-dealkylation sites (tertiary alicyclic amines) is 2. The first-order valence-corrected chi connectivity index (χ1v) is 17.7. The normalized spacial score (nSPS) is 24.6. The molecule has 0 saturated carbocycles. The van der Waals surface area contributed by atoms with E-state index in [-0.39, 0.29) is 29.8 Å². The first-order valence-electron chi connectivity index (χ1n) is 17.7. The number of rotatable bonds is 9. The van der Waals surface area contributed by atoms with Crippen molar-refractivity contribution in [3.05, 3.63) is 119 Å². The van der Waals surface area contributed by atoms with Crippen LogP contribution in [0.1, 0.15) is 61.1 Å². The van der Waals surface area contributed by atoms with Crippen molar-refractivity contribution in [1.29, 1.82) is 0 Å². The molecular weight excluding hydrogens is 622 g/mol. The third-order valence-corrected chi connectivity index (χ3v) is 11.0. The van der Waals surface area contributed by atoms with Crippen molar-refractivity contribution in [2.75, 3.05) is 45.9 Å². The first-order chi connectivity index (χ1) is 23.9. The smallest absolute Gasteiger partial charge is 0.165 e. The molecular formula is C41H44F2N2O4. The minimum atomic E-state index is -0.549. The minimum absolute atomic E-state index is 0.00886. The molecule has 3 atom stereocenters. The van der Waals surface area contributed by atoms with Crippen molar-refractivity contribution in [2.45, 2.75) is 62.3 Å². The Morgan fingerprint density at radius 3 is 2.14 bits per heavy atom. The number of nitrogens with zero attached hydrogens (tertiary/aromatic N) is 2. The molecule has 0 spiro atoms. The Morgan fingerprint density at radius 1 is 0.714 bits per heavy atom. The lowest BCUT2D eigenvalue weighted by Gasteiger charge is -2.38. The second-order valence-corrected chi connectivity index (χ2v) is 14.2. The molecule has 2 saturated heterocycles. The highest BCUT2D eigenvalue weighted by atomic mass is 19.1. The molecule has 2 fully saturated rings. The Labute approximate surface area is 287 Å². The van der Waals surface area contributed by atoms with Gasteiger partial charge in [-0.1, -0.05) is 42.5 Å². The molecule has 3 unspecified atom stereocenters. The topological polar surface area (TPSA) is 43.4 Å². The lowest BCUT2D eigenvalue weighted by atomic mass is 9.79. The summed E-state index contributed by atoms with van der Waals surface area (Å²) >= 11 is 0. The SMILES string of the molecule is CC1(c2ccc3c(c2)OCC3CN2CCC(Oc3ccc(F)cc3)CC2)Oc2ccccc2C1CN1CCC(Oc2ccccc2F)CC1. The number of hydrogen-bond donors (Lipinski definition) is 0. The Bertz CT molecular complexity index is 1750. The van der Waals surface area contributed by atoms with Crippen LogP contribution in [0.3, 0.4) is 0 Å². The number of halogens is 2. The maximum absolute atomic E-state index is 14.2. The highest BCUT2D eigenvalue weighted by Gasteiger charge is 2.47. The van der Waals surface area contributed by atoms with Crippen LogP contribution >= 0.6 is 0 Å². The number of para-hydroxylation sites is 2. The lowest BCUT2D eigenvalue weighted by molar-refractivity contribution is 0.0489. The summed E-state index contributed by atoms with van der Waals surface area (Å²) in [6.07, 6.45) is 3.77. The molecule has 0 amide bonds. The third kappa shape index (κ3) is 6.73. The van der Waals surface area contributed by atoms with Gasteiger partial charge in [-0.15, -0.1) is 0 Å². The summed E-state index contributed by atoms with van der Waals surface area (Å²) in [5, 5.41) is 0. The largest absolute Gasteiger partial charge is 0.493 e. The summed E-state index contributed by atoms with van der Waals surface area (Å²) in [6, 6.07) is 28.1. The average molecular weight is 667 g/mol. The minimum Gasteiger partial charge on any atom is -0.493 e. The van der Waals surface area contributed by atoms with E-state index >= 15 is 0 Å². The number of fused-ring (bicyclic) bond motifs is 2. The van der Waals surface area contributed by atoms with Gasteiger partial charge in [0, 0.05) is 62.2 Å². The maximum Gasteiger partial charge on any atom is 0.165 e. The van der Waals surface area contributed by atoms with E-state index in [1.165, 1.54) is 29.3 Å². The van der Waals surface area contributed by atoms with Gasteiger partial charge in [-0.2, -0.15) is 0 Å². The highest BCUT2D eigenvalue weighted by Crippen LogP contribution is 2.52. The average Bonchev–Trinajstić information content (AvgIpc) is 3.66. The molecule has 4 aliphatic rings. The standard InChI is InChI=1S/C41H44F2N2O4/c1-41(36(35-6-2-4-8-38(35)49-41)26-45-22-18-33(19-23-45)48-39-9-5-3-7-37(39)43)29-10-15-34-28(27-46-40(34)24-29)25-44-20-16-32(17-21-44)47-31-13-11-30(42)12-14-31/h2-15,24,28,32-33,36H,16-23,25-27H2,1H3. The fraction of sp³-hybridized carbons (Fsp3) is 0.415. The molecule has 256 valence electrons. The van der Waals surface area contributed by atoms with Crippen molar-refractivity contribution >= 4 is 0 Å². The van der Waals surface area contributed by atoms with Crippen LogP contribution in [0, 0.1) is 11.6 Å². The zero-order valence-corrected chi connectivity index (χ0v) is 28.0. The van der Waals surface area contributed by atoms with Crippen molar-refractivity contribution in [1.82, 2.24) is 9.80 Å². The molecule has 0 N–H and O–H groups in total. The number of ether oxygens (including phenoxy) is 4. The van der Waals surface area contributed by atoms with Gasteiger partial charge in [-0.25, -0.2) is 8.78 Å². The fourth-order valence-corrected chi connectivity index (χ4v) is 8.14. The Morgan fingerprint density at radius 2 is 1.39 bits per heavy atom. The van der Waals surface area contributed by atoms with Crippen LogP contribution in [0.4, 0.5) is 8.78 Å². The van der Waals surface area contributed by atoms with E-state index in [0.29, 0.717) is 18.3 Å². The zero-order valence-electron chi connectivity index (χ0n) is 28.0. The van der Waals surface area contributed by atoms with Crippen LogP contribution < -0.4 is 18.9 Å². The maximum atomic E-state index is 14.2. The van der Waals surface area contributed by atoms with Gasteiger partial charge in [0.2, 0.25) is 0 Å². The van der Waals surface area contributed by atoms with Crippen LogP contribution in [-0.2, 0) is 5.60 Å². The number of piperidine rings is 2. The Hall–Kier alpha value is -4.14. The molecule has 4 aromatic rings. The Kier molecular flexibility index (Phi) is 8.93. The molecule has 0 aromatic heterocycles. The van der Waals surface area contributed by atoms with E-state index in [1.807, 2.05) is 12.1 Å². The molecule has 8 rings (SSSR count). The predicted octanol–water partition coefficient (Wildman–Crippen LogP) is 7.92. The Balaban J connectivity index is 0.911. The van der Waals surface area contributed by atoms with E-state index in [0.717, 1.165) is 87.8 Å².